The molecule has 0 saturated carbocycles. The number of carbonyl (C=O) groups is 1. The minimum absolute atomic E-state index is 0.172. The summed E-state index contributed by atoms with van der Waals surface area (Å²) in [5, 5.41) is 0. The summed E-state index contributed by atoms with van der Waals surface area (Å²) < 4.78 is 14.5. The first kappa shape index (κ1) is 13.6. The minimum Gasteiger partial charge on any atom is -0.292 e. The van der Waals surface area contributed by atoms with Gasteiger partial charge in [0.1, 0.15) is 10.3 Å². The molecular formula is C13H10BrFN2O2. The molecule has 1 aromatic heterocycles. The van der Waals surface area contributed by atoms with Crippen molar-refractivity contribution in [3.05, 3.63) is 62.5 Å². The first-order valence-electron chi connectivity index (χ1n) is 5.49. The van der Waals surface area contributed by atoms with Gasteiger partial charge in [0, 0.05) is 5.56 Å². The first-order valence-corrected chi connectivity index (χ1v) is 6.28. The van der Waals surface area contributed by atoms with E-state index in [9.17, 15) is 14.0 Å². The van der Waals surface area contributed by atoms with Crippen LogP contribution in [0.2, 0.25) is 0 Å². The van der Waals surface area contributed by atoms with Gasteiger partial charge in [-0.1, -0.05) is 12.1 Å². The molecule has 0 radical (unpaired) electrons. The zero-order chi connectivity index (χ0) is 14.0. The molecule has 2 rings (SSSR count). The zero-order valence-electron chi connectivity index (χ0n) is 10.1. The van der Waals surface area contributed by atoms with Crippen LogP contribution in [0.25, 0.3) is 0 Å². The molecule has 4 nitrogen and oxygen atoms in total. The summed E-state index contributed by atoms with van der Waals surface area (Å²) in [5.74, 6) is -0.833. The lowest BCUT2D eigenvalue weighted by Crippen LogP contribution is -2.25. The molecule has 2 aromatic rings. The number of nitrogens with zero attached hydrogens (tertiary/aromatic N) is 2. The molecule has 19 heavy (non-hydrogen) atoms. The lowest BCUT2D eigenvalue weighted by molar-refractivity contribution is 0.0970. The lowest BCUT2D eigenvalue weighted by Gasteiger charge is -2.06. The number of aromatic nitrogens is 2. The van der Waals surface area contributed by atoms with Crippen LogP contribution >= 0.6 is 15.9 Å². The van der Waals surface area contributed by atoms with Gasteiger partial charge in [0.05, 0.1) is 18.6 Å². The van der Waals surface area contributed by atoms with Gasteiger partial charge in [-0.3, -0.25) is 14.2 Å². The van der Waals surface area contributed by atoms with E-state index in [0.717, 1.165) is 6.07 Å². The van der Waals surface area contributed by atoms with Crippen LogP contribution in [0.15, 0.2) is 39.9 Å². The van der Waals surface area contributed by atoms with Gasteiger partial charge in [0.15, 0.2) is 5.78 Å². The van der Waals surface area contributed by atoms with Crippen molar-refractivity contribution in [1.82, 2.24) is 9.55 Å². The van der Waals surface area contributed by atoms with Crippen molar-refractivity contribution >= 4 is 21.7 Å². The Kier molecular flexibility index (Phi) is 3.90. The lowest BCUT2D eigenvalue weighted by atomic mass is 10.1. The molecule has 98 valence electrons. The largest absolute Gasteiger partial charge is 0.292 e. The molecule has 0 spiro atoms. The number of aryl methyl sites for hydroxylation is 1. The molecule has 0 aliphatic carbocycles. The quantitative estimate of drug-likeness (QED) is 0.814. The summed E-state index contributed by atoms with van der Waals surface area (Å²) in [5.41, 5.74) is 0.445. The van der Waals surface area contributed by atoms with Crippen LogP contribution in [0.3, 0.4) is 0 Å². The van der Waals surface area contributed by atoms with Gasteiger partial charge in [0.2, 0.25) is 0 Å². The molecule has 0 aliphatic rings. The Morgan fingerprint density at radius 2 is 2.21 bits per heavy atom. The standard InChI is InChI=1S/C13H10BrFN2O2/c1-8-12(14)13(19)17(7-16-8)6-11(18)9-3-2-4-10(15)5-9/h2-5,7H,6H2,1H3. The highest BCUT2D eigenvalue weighted by Gasteiger charge is 2.11. The number of Topliss-reactive ketones (excluding diaryl/α,β-unsaturated/α-hetero) is 1. The van der Waals surface area contributed by atoms with E-state index in [4.69, 9.17) is 0 Å². The highest BCUT2D eigenvalue weighted by atomic mass is 79.9. The molecule has 0 atom stereocenters. The number of carbonyl (C=O) groups excluding carboxylic acids is 1. The van der Waals surface area contributed by atoms with E-state index in [1.807, 2.05) is 0 Å². The fourth-order valence-corrected chi connectivity index (χ4v) is 1.90. The van der Waals surface area contributed by atoms with E-state index in [-0.39, 0.29) is 23.5 Å². The maximum Gasteiger partial charge on any atom is 0.268 e. The van der Waals surface area contributed by atoms with Gasteiger partial charge >= 0.3 is 0 Å². The number of ketones is 1. The van der Waals surface area contributed by atoms with Gasteiger partial charge in [0.25, 0.3) is 5.56 Å². The number of halogens is 2. The van der Waals surface area contributed by atoms with Crippen molar-refractivity contribution in [2.45, 2.75) is 13.5 Å². The van der Waals surface area contributed by atoms with Gasteiger partial charge in [-0.25, -0.2) is 9.37 Å². The van der Waals surface area contributed by atoms with Crippen molar-refractivity contribution < 1.29 is 9.18 Å². The fourth-order valence-electron chi connectivity index (χ4n) is 1.57. The van der Waals surface area contributed by atoms with Crippen LogP contribution in [0.5, 0.6) is 0 Å². The highest BCUT2D eigenvalue weighted by molar-refractivity contribution is 9.10. The molecule has 0 fully saturated rings. The van der Waals surface area contributed by atoms with E-state index in [1.165, 1.54) is 29.1 Å². The van der Waals surface area contributed by atoms with Crippen LogP contribution in [0.4, 0.5) is 4.39 Å². The summed E-state index contributed by atoms with van der Waals surface area (Å²) in [6.45, 7) is 1.51. The topological polar surface area (TPSA) is 52.0 Å². The van der Waals surface area contributed by atoms with Crippen molar-refractivity contribution in [2.75, 3.05) is 0 Å². The van der Waals surface area contributed by atoms with E-state index < -0.39 is 5.82 Å². The predicted octanol–water partition coefficient (Wildman–Crippen LogP) is 2.34. The van der Waals surface area contributed by atoms with E-state index >= 15 is 0 Å². The molecule has 0 bridgehead atoms. The van der Waals surface area contributed by atoms with E-state index in [0.29, 0.717) is 10.2 Å². The Hall–Kier alpha value is -1.82. The van der Waals surface area contributed by atoms with E-state index in [1.54, 1.807) is 6.92 Å². The van der Waals surface area contributed by atoms with Crippen LogP contribution < -0.4 is 5.56 Å². The van der Waals surface area contributed by atoms with Crippen LogP contribution in [0.1, 0.15) is 16.1 Å². The Morgan fingerprint density at radius 1 is 1.47 bits per heavy atom. The Labute approximate surface area is 117 Å². The second kappa shape index (κ2) is 5.44. The van der Waals surface area contributed by atoms with Gasteiger partial charge < -0.3 is 0 Å². The molecular weight excluding hydrogens is 315 g/mol. The number of rotatable bonds is 3. The van der Waals surface area contributed by atoms with Gasteiger partial charge in [-0.05, 0) is 35.0 Å². The second-order valence-corrected chi connectivity index (χ2v) is 4.80. The van der Waals surface area contributed by atoms with Crippen molar-refractivity contribution in [1.29, 1.82) is 0 Å². The summed E-state index contributed by atoms with van der Waals surface area (Å²) >= 11 is 3.12. The maximum atomic E-state index is 13.0. The third-order valence-electron chi connectivity index (χ3n) is 2.62. The average Bonchev–Trinajstić information content (AvgIpc) is 2.39. The van der Waals surface area contributed by atoms with Crippen LogP contribution in [-0.2, 0) is 6.54 Å². The SMILES string of the molecule is Cc1ncn(CC(=O)c2cccc(F)c2)c(=O)c1Br. The zero-order valence-corrected chi connectivity index (χ0v) is 11.6. The summed E-state index contributed by atoms with van der Waals surface area (Å²) in [7, 11) is 0. The normalized spacial score (nSPS) is 10.5. The van der Waals surface area contributed by atoms with Gasteiger partial charge in [-0.2, -0.15) is 0 Å². The maximum absolute atomic E-state index is 13.0. The molecule has 6 heteroatoms. The third kappa shape index (κ3) is 2.96. The minimum atomic E-state index is -0.485. The van der Waals surface area contributed by atoms with Crippen LogP contribution in [-0.4, -0.2) is 15.3 Å². The number of hydrogen-bond acceptors (Lipinski definition) is 3. The molecule has 0 saturated heterocycles. The second-order valence-electron chi connectivity index (χ2n) is 4.01. The molecule has 1 heterocycles. The Morgan fingerprint density at radius 3 is 2.89 bits per heavy atom. The van der Waals surface area contributed by atoms with Crippen molar-refractivity contribution in [3.8, 4) is 0 Å². The number of benzene rings is 1. The van der Waals surface area contributed by atoms with E-state index in [2.05, 4.69) is 20.9 Å². The molecule has 0 N–H and O–H groups in total. The highest BCUT2D eigenvalue weighted by Crippen LogP contribution is 2.08. The van der Waals surface area contributed by atoms with Crippen LogP contribution in [0, 0.1) is 12.7 Å². The monoisotopic (exact) mass is 324 g/mol. The summed E-state index contributed by atoms with van der Waals surface area (Å²) in [4.78, 5) is 27.8. The van der Waals surface area contributed by atoms with Crippen molar-refractivity contribution in [3.63, 3.8) is 0 Å². The molecule has 0 amide bonds. The Bertz CT molecular complexity index is 697. The first-order chi connectivity index (χ1) is 8.99. The summed E-state index contributed by atoms with van der Waals surface area (Å²) in [6.07, 6.45) is 1.31. The molecule has 0 unspecified atom stereocenters. The Balaban J connectivity index is 2.30. The number of hydrogen-bond donors (Lipinski definition) is 0. The predicted molar refractivity (Wildman–Crippen MR) is 71.7 cm³/mol. The molecule has 1 aromatic carbocycles. The smallest absolute Gasteiger partial charge is 0.268 e. The third-order valence-corrected chi connectivity index (χ3v) is 3.53. The van der Waals surface area contributed by atoms with Crippen molar-refractivity contribution in [2.24, 2.45) is 0 Å². The molecule has 0 aliphatic heterocycles. The fraction of sp³-hybridized carbons (Fsp3) is 0.154. The average molecular weight is 325 g/mol. The van der Waals surface area contributed by atoms with Gasteiger partial charge in [-0.15, -0.1) is 0 Å². The summed E-state index contributed by atoms with van der Waals surface area (Å²) in [6, 6.07) is 5.36.